The lowest BCUT2D eigenvalue weighted by Gasteiger charge is -2.16. The summed E-state index contributed by atoms with van der Waals surface area (Å²) in [6.45, 7) is 0. The highest BCUT2D eigenvalue weighted by Gasteiger charge is 2.81. The van der Waals surface area contributed by atoms with Gasteiger partial charge in [-0.1, -0.05) is 23.2 Å². The zero-order valence-corrected chi connectivity index (χ0v) is 9.31. The number of hydrogen-bond donors (Lipinski definition) is 0. The molecule has 0 aromatic heterocycles. The average molecular weight is 258 g/mol. The van der Waals surface area contributed by atoms with Crippen molar-refractivity contribution in [3.63, 3.8) is 0 Å². The van der Waals surface area contributed by atoms with Gasteiger partial charge in [0.2, 0.25) is 0 Å². The van der Waals surface area contributed by atoms with Crippen LogP contribution >= 0.6 is 46.4 Å². The Hall–Kier alpha value is 0.570. The summed E-state index contributed by atoms with van der Waals surface area (Å²) in [4.78, 5) is 9.61. The number of allylic oxidation sites excluding steroid dienone is 2. The third-order valence-corrected chi connectivity index (χ3v) is 5.85. The van der Waals surface area contributed by atoms with Crippen molar-refractivity contribution in [3.8, 4) is 0 Å². The SMILES string of the molecule is O=C1[C@]2(Cl)C(Cl)=C(Cl)[C@@]1(Cl)[C@H]1C[C@H]12. The summed E-state index contributed by atoms with van der Waals surface area (Å²) in [7, 11) is 0. The van der Waals surface area contributed by atoms with E-state index in [1.165, 1.54) is 0 Å². The van der Waals surface area contributed by atoms with Crippen LogP contribution in [0.25, 0.3) is 0 Å². The molecular weight excluding hydrogens is 254 g/mol. The summed E-state index contributed by atoms with van der Waals surface area (Å²) in [5, 5.41) is 0.490. The maximum absolute atomic E-state index is 11.8. The van der Waals surface area contributed by atoms with Crippen LogP contribution in [0.1, 0.15) is 6.42 Å². The van der Waals surface area contributed by atoms with Gasteiger partial charge in [-0.25, -0.2) is 0 Å². The summed E-state index contributed by atoms with van der Waals surface area (Å²) in [6.07, 6.45) is 0.852. The van der Waals surface area contributed by atoms with Gasteiger partial charge in [-0.3, -0.25) is 4.79 Å². The monoisotopic (exact) mass is 256 g/mol. The number of ketones is 1. The van der Waals surface area contributed by atoms with Gasteiger partial charge in [-0.15, -0.1) is 23.2 Å². The van der Waals surface area contributed by atoms with Gasteiger partial charge in [0.05, 0.1) is 10.1 Å². The molecule has 3 aliphatic carbocycles. The van der Waals surface area contributed by atoms with E-state index in [-0.39, 0.29) is 27.7 Å². The highest BCUT2D eigenvalue weighted by molar-refractivity contribution is 6.63. The van der Waals surface area contributed by atoms with Crippen molar-refractivity contribution < 1.29 is 4.79 Å². The topological polar surface area (TPSA) is 17.1 Å². The van der Waals surface area contributed by atoms with Gasteiger partial charge in [-0.05, 0) is 18.3 Å². The summed E-state index contributed by atoms with van der Waals surface area (Å²) >= 11 is 24.2. The van der Waals surface area contributed by atoms with Crippen LogP contribution in [0.2, 0.25) is 0 Å². The second kappa shape index (κ2) is 2.06. The van der Waals surface area contributed by atoms with E-state index < -0.39 is 9.75 Å². The molecule has 3 aliphatic rings. The van der Waals surface area contributed by atoms with Gasteiger partial charge < -0.3 is 0 Å². The molecule has 5 heteroatoms. The molecule has 0 aliphatic heterocycles. The van der Waals surface area contributed by atoms with Crippen LogP contribution in [0, 0.1) is 11.8 Å². The number of fused-ring (bicyclic) bond motifs is 5. The first-order valence-electron chi connectivity index (χ1n) is 3.94. The number of halogens is 4. The summed E-state index contributed by atoms with van der Waals surface area (Å²) in [6, 6.07) is 0. The van der Waals surface area contributed by atoms with Crippen molar-refractivity contribution in [2.45, 2.75) is 16.2 Å². The van der Waals surface area contributed by atoms with Crippen LogP contribution in [0.3, 0.4) is 0 Å². The van der Waals surface area contributed by atoms with Crippen LogP contribution in [0.4, 0.5) is 0 Å². The average Bonchev–Trinajstić information content (AvgIpc) is 2.84. The van der Waals surface area contributed by atoms with Crippen LogP contribution in [-0.2, 0) is 4.79 Å². The van der Waals surface area contributed by atoms with E-state index in [9.17, 15) is 4.79 Å². The molecule has 2 bridgehead atoms. The molecule has 0 aromatic rings. The van der Waals surface area contributed by atoms with Crippen molar-refractivity contribution in [2.24, 2.45) is 11.8 Å². The molecule has 2 fully saturated rings. The van der Waals surface area contributed by atoms with Gasteiger partial charge in [0.15, 0.2) is 5.78 Å². The van der Waals surface area contributed by atoms with Crippen molar-refractivity contribution in [3.05, 3.63) is 10.1 Å². The zero-order chi connectivity index (χ0) is 9.59. The van der Waals surface area contributed by atoms with Gasteiger partial charge in [0.1, 0.15) is 9.75 Å². The molecule has 2 saturated carbocycles. The molecule has 13 heavy (non-hydrogen) atoms. The highest BCUT2D eigenvalue weighted by Crippen LogP contribution is 2.75. The smallest absolute Gasteiger partial charge is 0.186 e. The zero-order valence-electron chi connectivity index (χ0n) is 6.28. The minimum absolute atomic E-state index is 0.106. The number of carbonyl (C=O) groups excluding carboxylic acids is 1. The lowest BCUT2D eigenvalue weighted by Crippen LogP contribution is -2.35. The van der Waals surface area contributed by atoms with Crippen molar-refractivity contribution in [1.82, 2.24) is 0 Å². The third-order valence-electron chi connectivity index (χ3n) is 3.30. The van der Waals surface area contributed by atoms with E-state index in [0.29, 0.717) is 0 Å². The standard InChI is InChI=1S/C8H4Cl4O/c9-4-5(10)8(12)3-1-2(3)7(4,11)6(8)13/h2-3H,1H2/t2-,3+,7-,8+. The Labute approximate surface area is 95.0 Å². The number of rotatable bonds is 0. The molecular formula is C8H4Cl4O. The molecule has 70 valence electrons. The largest absolute Gasteiger partial charge is 0.295 e. The molecule has 1 nitrogen and oxygen atoms in total. The lowest BCUT2D eigenvalue weighted by molar-refractivity contribution is -0.120. The van der Waals surface area contributed by atoms with Crippen molar-refractivity contribution in [2.75, 3.05) is 0 Å². The van der Waals surface area contributed by atoms with Crippen LogP contribution in [0.15, 0.2) is 10.1 Å². The van der Waals surface area contributed by atoms with Gasteiger partial charge in [0.25, 0.3) is 0 Å². The first-order chi connectivity index (χ1) is 5.95. The lowest BCUT2D eigenvalue weighted by atomic mass is 10.0. The van der Waals surface area contributed by atoms with E-state index in [1.54, 1.807) is 0 Å². The Bertz CT molecular complexity index is 344. The molecule has 4 atom stereocenters. The first kappa shape index (κ1) is 8.84. The molecule has 0 amide bonds. The fourth-order valence-corrected chi connectivity index (χ4v) is 4.38. The number of carbonyl (C=O) groups is 1. The normalized spacial score (nSPS) is 57.4. The minimum Gasteiger partial charge on any atom is -0.295 e. The Morgan fingerprint density at radius 1 is 1.08 bits per heavy atom. The molecule has 0 aromatic carbocycles. The second-order valence-electron chi connectivity index (χ2n) is 3.83. The number of alkyl halides is 2. The highest BCUT2D eigenvalue weighted by atomic mass is 35.5. The van der Waals surface area contributed by atoms with Gasteiger partial charge in [0, 0.05) is 0 Å². The van der Waals surface area contributed by atoms with Gasteiger partial charge in [-0.2, -0.15) is 0 Å². The molecule has 0 spiro atoms. The summed E-state index contributed by atoms with van der Waals surface area (Å²) in [5.41, 5.74) is 0. The maximum Gasteiger partial charge on any atom is 0.186 e. The van der Waals surface area contributed by atoms with Crippen LogP contribution in [0.5, 0.6) is 0 Å². The molecule has 0 radical (unpaired) electrons. The number of Topliss-reactive ketones (excluding diaryl/α,β-unsaturated/α-hetero) is 1. The Balaban J connectivity index is 2.32. The predicted molar refractivity (Wildman–Crippen MR) is 52.5 cm³/mol. The van der Waals surface area contributed by atoms with Crippen LogP contribution in [-0.4, -0.2) is 15.5 Å². The van der Waals surface area contributed by atoms with E-state index in [4.69, 9.17) is 46.4 Å². The second-order valence-corrected chi connectivity index (χ2v) is 5.78. The van der Waals surface area contributed by atoms with Gasteiger partial charge >= 0.3 is 0 Å². The van der Waals surface area contributed by atoms with E-state index in [2.05, 4.69) is 0 Å². The summed E-state index contributed by atoms with van der Waals surface area (Å²) < 4.78 is 0. The Kier molecular flexibility index (Phi) is 1.40. The molecule has 0 N–H and O–H groups in total. The Morgan fingerprint density at radius 3 is 1.77 bits per heavy atom. The van der Waals surface area contributed by atoms with Crippen molar-refractivity contribution >= 4 is 52.2 Å². The molecule has 3 rings (SSSR count). The predicted octanol–water partition coefficient (Wildman–Crippen LogP) is 2.86. The fourth-order valence-electron chi connectivity index (χ4n) is 2.52. The Morgan fingerprint density at radius 2 is 1.46 bits per heavy atom. The fraction of sp³-hybridized carbons (Fsp3) is 0.625. The van der Waals surface area contributed by atoms with E-state index in [1.807, 2.05) is 0 Å². The van der Waals surface area contributed by atoms with Crippen molar-refractivity contribution in [1.29, 1.82) is 0 Å². The maximum atomic E-state index is 11.8. The molecule has 0 unspecified atom stereocenters. The van der Waals surface area contributed by atoms with E-state index >= 15 is 0 Å². The van der Waals surface area contributed by atoms with Crippen LogP contribution < -0.4 is 0 Å². The minimum atomic E-state index is -1.09. The quantitative estimate of drug-likeness (QED) is 0.610. The molecule has 0 heterocycles. The molecule has 0 saturated heterocycles. The van der Waals surface area contributed by atoms with E-state index in [0.717, 1.165) is 6.42 Å². The number of hydrogen-bond acceptors (Lipinski definition) is 1. The summed E-state index contributed by atoms with van der Waals surface area (Å²) in [5.74, 6) is -0.0112. The third kappa shape index (κ3) is 0.648. The first-order valence-corrected chi connectivity index (χ1v) is 5.45.